The third kappa shape index (κ3) is 5.22. The zero-order valence-corrected chi connectivity index (χ0v) is 13.2. The molecule has 0 aromatic carbocycles. The highest BCUT2D eigenvalue weighted by atomic mass is 15.2. The first-order valence-corrected chi connectivity index (χ1v) is 7.44. The molecule has 1 heterocycles. The largest absolute Gasteiger partial charge is 0.345 e. The van der Waals surface area contributed by atoms with Gasteiger partial charge in [-0.2, -0.15) is 0 Å². The lowest BCUT2D eigenvalue weighted by Gasteiger charge is -2.21. The summed E-state index contributed by atoms with van der Waals surface area (Å²) in [5, 5.41) is 3.46. The number of hydrogen-bond acceptors (Lipinski definition) is 3. The molecule has 0 bridgehead atoms. The van der Waals surface area contributed by atoms with E-state index in [0.717, 1.165) is 37.6 Å². The molecule has 3 heteroatoms. The second-order valence-electron chi connectivity index (χ2n) is 5.56. The second kappa shape index (κ2) is 8.60. The number of rotatable bonds is 8. The summed E-state index contributed by atoms with van der Waals surface area (Å²) >= 11 is 0. The summed E-state index contributed by atoms with van der Waals surface area (Å²) in [5.74, 6) is 4.35. The van der Waals surface area contributed by atoms with Crippen molar-refractivity contribution >= 4 is 5.82 Å². The highest BCUT2D eigenvalue weighted by Crippen LogP contribution is 2.15. The lowest BCUT2D eigenvalue weighted by Crippen LogP contribution is -2.26. The fourth-order valence-corrected chi connectivity index (χ4v) is 2.09. The predicted molar refractivity (Wildman–Crippen MR) is 86.9 cm³/mol. The Morgan fingerprint density at radius 3 is 2.70 bits per heavy atom. The minimum absolute atomic E-state index is 0.616. The van der Waals surface area contributed by atoms with Crippen molar-refractivity contribution in [3.63, 3.8) is 0 Å². The number of hydrogen-bond donors (Lipinski definition) is 1. The molecule has 0 spiro atoms. The molecule has 1 N–H and O–H groups in total. The summed E-state index contributed by atoms with van der Waals surface area (Å²) in [7, 11) is 0. The molecular formula is C17H27N3. The van der Waals surface area contributed by atoms with Crippen molar-refractivity contribution in [2.24, 2.45) is 5.92 Å². The highest BCUT2D eigenvalue weighted by molar-refractivity contribution is 5.42. The van der Waals surface area contributed by atoms with E-state index in [2.05, 4.69) is 56.0 Å². The van der Waals surface area contributed by atoms with Gasteiger partial charge in [-0.25, -0.2) is 4.98 Å². The second-order valence-corrected chi connectivity index (χ2v) is 5.56. The van der Waals surface area contributed by atoms with E-state index in [4.69, 9.17) is 11.4 Å². The van der Waals surface area contributed by atoms with Gasteiger partial charge in [0.25, 0.3) is 0 Å². The van der Waals surface area contributed by atoms with E-state index in [-0.39, 0.29) is 0 Å². The first kappa shape index (κ1) is 16.5. The Hall–Kier alpha value is -1.53. The van der Waals surface area contributed by atoms with Crippen LogP contribution in [-0.2, 0) is 6.54 Å². The maximum absolute atomic E-state index is 5.43. The van der Waals surface area contributed by atoms with Gasteiger partial charge in [-0.1, -0.05) is 32.8 Å². The van der Waals surface area contributed by atoms with Crippen LogP contribution >= 0.6 is 0 Å². The van der Waals surface area contributed by atoms with E-state index >= 15 is 0 Å². The van der Waals surface area contributed by atoms with Crippen LogP contribution in [0.2, 0.25) is 0 Å². The first-order valence-electron chi connectivity index (χ1n) is 7.44. The summed E-state index contributed by atoms with van der Waals surface area (Å²) in [6.45, 7) is 12.1. The van der Waals surface area contributed by atoms with Gasteiger partial charge < -0.3 is 10.2 Å². The normalized spacial score (nSPS) is 10.6. The van der Waals surface area contributed by atoms with Crippen LogP contribution in [0.5, 0.6) is 0 Å². The van der Waals surface area contributed by atoms with Crippen molar-refractivity contribution in [2.75, 3.05) is 24.5 Å². The van der Waals surface area contributed by atoms with Gasteiger partial charge >= 0.3 is 0 Å². The number of nitrogens with one attached hydrogen (secondary N) is 1. The Balaban J connectivity index is 2.73. The van der Waals surface area contributed by atoms with E-state index in [1.807, 2.05) is 0 Å². The lowest BCUT2D eigenvalue weighted by molar-refractivity contribution is 0.551. The van der Waals surface area contributed by atoms with E-state index < -0.39 is 0 Å². The predicted octanol–water partition coefficient (Wildman–Crippen LogP) is 2.99. The standard InChI is InChI=1S/C17H27N3/c1-6-10-20(11-7-2)17-9-8-16(15(5)19-17)13-18-12-14(3)4/h1,8-9,14,18H,7,10-13H2,2-5H3. The zero-order chi connectivity index (χ0) is 15.0. The molecule has 0 aliphatic carbocycles. The third-order valence-electron chi connectivity index (χ3n) is 3.15. The van der Waals surface area contributed by atoms with Crippen molar-refractivity contribution in [1.82, 2.24) is 10.3 Å². The number of aromatic nitrogens is 1. The van der Waals surface area contributed by atoms with Gasteiger partial charge in [-0.15, -0.1) is 6.42 Å². The molecule has 110 valence electrons. The molecule has 0 radical (unpaired) electrons. The maximum atomic E-state index is 5.43. The Morgan fingerprint density at radius 2 is 2.15 bits per heavy atom. The SMILES string of the molecule is C#CCN(CCC)c1ccc(CNCC(C)C)c(C)n1. The first-order chi connectivity index (χ1) is 9.58. The van der Waals surface area contributed by atoms with Crippen molar-refractivity contribution < 1.29 is 0 Å². The van der Waals surface area contributed by atoms with Crippen LogP contribution in [0.25, 0.3) is 0 Å². The molecule has 1 aromatic heterocycles. The van der Waals surface area contributed by atoms with Crippen LogP contribution in [0.15, 0.2) is 12.1 Å². The quantitative estimate of drug-likeness (QED) is 0.738. The van der Waals surface area contributed by atoms with Gasteiger partial charge in [0, 0.05) is 18.8 Å². The van der Waals surface area contributed by atoms with Crippen LogP contribution < -0.4 is 10.2 Å². The van der Waals surface area contributed by atoms with E-state index in [1.54, 1.807) is 0 Å². The van der Waals surface area contributed by atoms with Gasteiger partial charge in [-0.3, -0.25) is 0 Å². The van der Waals surface area contributed by atoms with Crippen molar-refractivity contribution in [3.8, 4) is 12.3 Å². The molecule has 0 saturated carbocycles. The Bertz CT molecular complexity index is 446. The van der Waals surface area contributed by atoms with Crippen LogP contribution in [-0.4, -0.2) is 24.6 Å². The molecule has 1 aromatic rings. The van der Waals surface area contributed by atoms with Gasteiger partial charge in [0.1, 0.15) is 5.82 Å². The van der Waals surface area contributed by atoms with Crippen LogP contribution in [0.4, 0.5) is 5.82 Å². The zero-order valence-electron chi connectivity index (χ0n) is 13.2. The monoisotopic (exact) mass is 273 g/mol. The smallest absolute Gasteiger partial charge is 0.129 e. The summed E-state index contributed by atoms with van der Waals surface area (Å²) in [4.78, 5) is 6.85. The molecular weight excluding hydrogens is 246 g/mol. The molecule has 0 saturated heterocycles. The molecule has 0 amide bonds. The number of terminal acetylenes is 1. The molecule has 3 nitrogen and oxygen atoms in total. The van der Waals surface area contributed by atoms with Gasteiger partial charge in [0.05, 0.1) is 6.54 Å². The number of anilines is 1. The topological polar surface area (TPSA) is 28.2 Å². The number of nitrogens with zero attached hydrogens (tertiary/aromatic N) is 2. The molecule has 1 rings (SSSR count). The number of pyridine rings is 1. The Labute approximate surface area is 123 Å². The van der Waals surface area contributed by atoms with Gasteiger partial charge in [0.15, 0.2) is 0 Å². The third-order valence-corrected chi connectivity index (χ3v) is 3.15. The highest BCUT2D eigenvalue weighted by Gasteiger charge is 2.08. The fourth-order valence-electron chi connectivity index (χ4n) is 2.09. The fraction of sp³-hybridized carbons (Fsp3) is 0.588. The van der Waals surface area contributed by atoms with Crippen LogP contribution in [0, 0.1) is 25.2 Å². The van der Waals surface area contributed by atoms with Crippen LogP contribution in [0.3, 0.4) is 0 Å². The molecule has 0 unspecified atom stereocenters. The average Bonchev–Trinajstić information content (AvgIpc) is 2.40. The lowest BCUT2D eigenvalue weighted by atomic mass is 10.1. The molecule has 0 aliphatic heterocycles. The van der Waals surface area contributed by atoms with Crippen molar-refractivity contribution in [2.45, 2.75) is 40.7 Å². The summed E-state index contributed by atoms with van der Waals surface area (Å²) < 4.78 is 0. The summed E-state index contributed by atoms with van der Waals surface area (Å²) in [6, 6.07) is 4.23. The van der Waals surface area contributed by atoms with E-state index in [1.165, 1.54) is 5.56 Å². The van der Waals surface area contributed by atoms with E-state index in [0.29, 0.717) is 12.5 Å². The van der Waals surface area contributed by atoms with Crippen molar-refractivity contribution in [3.05, 3.63) is 23.4 Å². The minimum Gasteiger partial charge on any atom is -0.345 e. The summed E-state index contributed by atoms with van der Waals surface area (Å²) in [5.41, 5.74) is 2.34. The molecule has 20 heavy (non-hydrogen) atoms. The van der Waals surface area contributed by atoms with Gasteiger partial charge in [0.2, 0.25) is 0 Å². The average molecular weight is 273 g/mol. The molecule has 0 aliphatic rings. The van der Waals surface area contributed by atoms with Gasteiger partial charge in [-0.05, 0) is 37.4 Å². The van der Waals surface area contributed by atoms with E-state index in [9.17, 15) is 0 Å². The number of aryl methyl sites for hydroxylation is 1. The molecule has 0 fully saturated rings. The maximum Gasteiger partial charge on any atom is 0.129 e. The summed E-state index contributed by atoms with van der Waals surface area (Å²) in [6.07, 6.45) is 6.50. The molecule has 0 atom stereocenters. The van der Waals surface area contributed by atoms with Crippen molar-refractivity contribution in [1.29, 1.82) is 0 Å². The van der Waals surface area contributed by atoms with Crippen LogP contribution in [0.1, 0.15) is 38.4 Å². The minimum atomic E-state index is 0.616. The Morgan fingerprint density at radius 1 is 1.40 bits per heavy atom. The Kier molecular flexibility index (Phi) is 7.11.